The van der Waals surface area contributed by atoms with Gasteiger partial charge >= 0.3 is 0 Å². The number of phenols is 1. The molecule has 0 heterocycles. The van der Waals surface area contributed by atoms with Crippen molar-refractivity contribution in [1.82, 2.24) is 0 Å². The van der Waals surface area contributed by atoms with Crippen molar-refractivity contribution < 1.29 is 14.3 Å². The summed E-state index contributed by atoms with van der Waals surface area (Å²) < 4.78 is 13.1. The molecule has 0 radical (unpaired) electrons. The Morgan fingerprint density at radius 3 is 2.60 bits per heavy atom. The molecule has 2 aromatic carbocycles. The highest BCUT2D eigenvalue weighted by atomic mass is 19.1. The molecule has 2 aromatic rings. The average molecular weight is 274 g/mol. The van der Waals surface area contributed by atoms with Crippen LogP contribution >= 0.6 is 0 Å². The van der Waals surface area contributed by atoms with E-state index in [4.69, 9.17) is 10.8 Å². The summed E-state index contributed by atoms with van der Waals surface area (Å²) in [5, 5.41) is 11.6. The van der Waals surface area contributed by atoms with Gasteiger partial charge in [0.15, 0.2) is 11.6 Å². The number of carbonyl (C=O) groups excluding carboxylic acids is 1. The van der Waals surface area contributed by atoms with Crippen LogP contribution in [0.5, 0.6) is 5.75 Å². The second-order valence-corrected chi connectivity index (χ2v) is 4.45. The van der Waals surface area contributed by atoms with Gasteiger partial charge in [-0.25, -0.2) is 4.39 Å². The third kappa shape index (κ3) is 3.55. The predicted molar refractivity (Wildman–Crippen MR) is 74.8 cm³/mol. The molecule has 1 amide bonds. The molecule has 5 heteroatoms. The van der Waals surface area contributed by atoms with E-state index < -0.39 is 23.5 Å². The van der Waals surface area contributed by atoms with E-state index in [2.05, 4.69) is 5.32 Å². The second-order valence-electron chi connectivity index (χ2n) is 4.45. The number of phenolic OH excluding ortho intramolecular Hbond substituents is 1. The average Bonchev–Trinajstić information content (AvgIpc) is 2.44. The molecule has 0 saturated carbocycles. The molecule has 0 aromatic heterocycles. The van der Waals surface area contributed by atoms with E-state index in [0.717, 1.165) is 11.6 Å². The fourth-order valence-electron chi connectivity index (χ4n) is 1.78. The summed E-state index contributed by atoms with van der Waals surface area (Å²) >= 11 is 0. The van der Waals surface area contributed by atoms with Crippen LogP contribution in [-0.4, -0.2) is 17.1 Å². The highest BCUT2D eigenvalue weighted by Crippen LogP contribution is 2.19. The molecule has 0 saturated heterocycles. The van der Waals surface area contributed by atoms with Crippen LogP contribution in [0.2, 0.25) is 0 Å². The molecule has 0 bridgehead atoms. The molecule has 0 fully saturated rings. The normalized spacial score (nSPS) is 11.9. The molecule has 2 rings (SSSR count). The van der Waals surface area contributed by atoms with Gasteiger partial charge in [-0.1, -0.05) is 30.3 Å². The number of hydrogen-bond donors (Lipinski definition) is 3. The van der Waals surface area contributed by atoms with E-state index in [1.54, 1.807) is 0 Å². The number of nitrogens with two attached hydrogens (primary N) is 1. The van der Waals surface area contributed by atoms with E-state index in [-0.39, 0.29) is 5.69 Å². The number of carbonyl (C=O) groups is 1. The molecule has 0 aliphatic heterocycles. The number of amides is 1. The third-order valence-corrected chi connectivity index (χ3v) is 2.85. The van der Waals surface area contributed by atoms with Crippen molar-refractivity contribution in [1.29, 1.82) is 0 Å². The van der Waals surface area contributed by atoms with Crippen LogP contribution in [0.3, 0.4) is 0 Å². The predicted octanol–water partition coefficient (Wildman–Crippen LogP) is 2.04. The van der Waals surface area contributed by atoms with Gasteiger partial charge in [-0.05, 0) is 24.1 Å². The molecule has 0 aliphatic rings. The topological polar surface area (TPSA) is 75.4 Å². The van der Waals surface area contributed by atoms with Gasteiger partial charge in [0.1, 0.15) is 0 Å². The van der Waals surface area contributed by atoms with E-state index >= 15 is 0 Å². The van der Waals surface area contributed by atoms with Crippen LogP contribution < -0.4 is 11.1 Å². The van der Waals surface area contributed by atoms with Crippen molar-refractivity contribution in [2.75, 3.05) is 5.32 Å². The molecule has 104 valence electrons. The van der Waals surface area contributed by atoms with Gasteiger partial charge in [0.2, 0.25) is 5.91 Å². The Morgan fingerprint density at radius 2 is 1.95 bits per heavy atom. The van der Waals surface area contributed by atoms with Crippen LogP contribution in [0, 0.1) is 5.82 Å². The van der Waals surface area contributed by atoms with Gasteiger partial charge in [0.25, 0.3) is 0 Å². The Morgan fingerprint density at radius 1 is 1.25 bits per heavy atom. The number of aromatic hydroxyl groups is 1. The Labute approximate surface area is 116 Å². The number of benzene rings is 2. The fraction of sp³-hybridized carbons (Fsp3) is 0.133. The first kappa shape index (κ1) is 14.0. The van der Waals surface area contributed by atoms with E-state index in [1.165, 1.54) is 12.1 Å². The lowest BCUT2D eigenvalue weighted by Crippen LogP contribution is -2.37. The lowest BCUT2D eigenvalue weighted by atomic mass is 10.1. The van der Waals surface area contributed by atoms with Crippen LogP contribution in [0.4, 0.5) is 10.1 Å². The molecule has 1 unspecified atom stereocenters. The lowest BCUT2D eigenvalue weighted by Gasteiger charge is -2.12. The number of hydrogen-bond acceptors (Lipinski definition) is 3. The summed E-state index contributed by atoms with van der Waals surface area (Å²) in [7, 11) is 0. The molecular formula is C15H15FN2O2. The Bertz CT molecular complexity index is 602. The first-order valence-electron chi connectivity index (χ1n) is 6.15. The minimum atomic E-state index is -0.792. The third-order valence-electron chi connectivity index (χ3n) is 2.85. The van der Waals surface area contributed by atoms with Crippen molar-refractivity contribution in [3.05, 3.63) is 59.9 Å². The Kier molecular flexibility index (Phi) is 4.32. The maximum atomic E-state index is 13.1. The molecule has 4 nitrogen and oxygen atoms in total. The van der Waals surface area contributed by atoms with Crippen molar-refractivity contribution in [2.24, 2.45) is 5.73 Å². The van der Waals surface area contributed by atoms with Crippen LogP contribution in [0.1, 0.15) is 5.56 Å². The van der Waals surface area contributed by atoms with Crippen molar-refractivity contribution in [3.8, 4) is 5.75 Å². The zero-order valence-electron chi connectivity index (χ0n) is 10.7. The summed E-state index contributed by atoms with van der Waals surface area (Å²) in [5.74, 6) is -1.66. The maximum absolute atomic E-state index is 13.1. The van der Waals surface area contributed by atoms with E-state index in [1.807, 2.05) is 30.3 Å². The Balaban J connectivity index is 1.99. The number of rotatable bonds is 4. The van der Waals surface area contributed by atoms with Gasteiger partial charge in [-0.15, -0.1) is 0 Å². The highest BCUT2D eigenvalue weighted by molar-refractivity contribution is 5.94. The van der Waals surface area contributed by atoms with Crippen molar-refractivity contribution in [2.45, 2.75) is 12.5 Å². The minimum Gasteiger partial charge on any atom is -0.505 e. The zero-order valence-corrected chi connectivity index (χ0v) is 10.7. The minimum absolute atomic E-state index is 0.258. The second kappa shape index (κ2) is 6.16. The molecule has 4 N–H and O–H groups in total. The zero-order chi connectivity index (χ0) is 14.5. The molecule has 0 aliphatic carbocycles. The first-order valence-corrected chi connectivity index (χ1v) is 6.15. The van der Waals surface area contributed by atoms with E-state index in [0.29, 0.717) is 6.42 Å². The fourth-order valence-corrected chi connectivity index (χ4v) is 1.78. The van der Waals surface area contributed by atoms with Crippen LogP contribution in [0.15, 0.2) is 48.5 Å². The van der Waals surface area contributed by atoms with Gasteiger partial charge in [-0.3, -0.25) is 4.79 Å². The standard InChI is InChI=1S/C15H15FN2O2/c16-12-9-11(6-7-14(12)19)18-15(20)13(17)8-10-4-2-1-3-5-10/h1-7,9,13,19H,8,17H2,(H,18,20). The Hall–Kier alpha value is -2.40. The highest BCUT2D eigenvalue weighted by Gasteiger charge is 2.14. The van der Waals surface area contributed by atoms with Crippen LogP contribution in [-0.2, 0) is 11.2 Å². The molecular weight excluding hydrogens is 259 g/mol. The monoisotopic (exact) mass is 274 g/mol. The molecule has 1 atom stereocenters. The molecule has 20 heavy (non-hydrogen) atoms. The van der Waals surface area contributed by atoms with Crippen LogP contribution in [0.25, 0.3) is 0 Å². The summed E-state index contributed by atoms with van der Waals surface area (Å²) in [5.41, 5.74) is 7.02. The number of anilines is 1. The lowest BCUT2D eigenvalue weighted by molar-refractivity contribution is -0.117. The smallest absolute Gasteiger partial charge is 0.241 e. The maximum Gasteiger partial charge on any atom is 0.241 e. The van der Waals surface area contributed by atoms with E-state index in [9.17, 15) is 9.18 Å². The van der Waals surface area contributed by atoms with Gasteiger partial charge < -0.3 is 16.2 Å². The van der Waals surface area contributed by atoms with Gasteiger partial charge in [-0.2, -0.15) is 0 Å². The van der Waals surface area contributed by atoms with Crippen molar-refractivity contribution in [3.63, 3.8) is 0 Å². The SMILES string of the molecule is NC(Cc1ccccc1)C(=O)Nc1ccc(O)c(F)c1. The summed E-state index contributed by atoms with van der Waals surface area (Å²) in [6, 6.07) is 12.3. The summed E-state index contributed by atoms with van der Waals surface area (Å²) in [6.07, 6.45) is 0.396. The van der Waals surface area contributed by atoms with Gasteiger partial charge in [0.05, 0.1) is 6.04 Å². The number of nitrogens with one attached hydrogen (secondary N) is 1. The number of halogens is 1. The molecule has 0 spiro atoms. The van der Waals surface area contributed by atoms with Gasteiger partial charge in [0, 0.05) is 11.8 Å². The summed E-state index contributed by atoms with van der Waals surface area (Å²) in [6.45, 7) is 0. The quantitative estimate of drug-likeness (QED) is 0.747. The van der Waals surface area contributed by atoms with Crippen molar-refractivity contribution >= 4 is 11.6 Å². The largest absolute Gasteiger partial charge is 0.505 e. The summed E-state index contributed by atoms with van der Waals surface area (Å²) in [4.78, 5) is 11.9. The first-order chi connectivity index (χ1) is 9.56.